The maximum absolute atomic E-state index is 10.8. The Hall–Kier alpha value is -0.260. The van der Waals surface area contributed by atoms with E-state index in [0.717, 1.165) is 5.56 Å². The van der Waals surface area contributed by atoms with Crippen LogP contribution < -0.4 is 29.6 Å². The Morgan fingerprint density at radius 2 is 2.27 bits per heavy atom. The Labute approximate surface area is 115 Å². The molecule has 5 heteroatoms. The molecule has 0 saturated carbocycles. The molecule has 1 aromatic rings. The van der Waals surface area contributed by atoms with Gasteiger partial charge >= 0.3 is 35.5 Å². The summed E-state index contributed by atoms with van der Waals surface area (Å²) in [6.45, 7) is 0. The van der Waals surface area contributed by atoms with Gasteiger partial charge in [0.05, 0.1) is 7.11 Å². The number of carbonyl (C=O) groups excluding carboxylic acids is 1. The molecule has 0 aromatic heterocycles. The standard InChI is InChI=1S/C10H10O3S.Na/c1-13-10(11)6-5-8-3-2-4-9(7-8)14-12;/h2-7,12H,1H3;/q;+1/p-1/b6-5+;. The van der Waals surface area contributed by atoms with Gasteiger partial charge in [0.2, 0.25) is 0 Å². The van der Waals surface area contributed by atoms with E-state index in [1.165, 1.54) is 13.2 Å². The van der Waals surface area contributed by atoms with Crippen molar-refractivity contribution in [3.8, 4) is 0 Å². The minimum atomic E-state index is -0.412. The van der Waals surface area contributed by atoms with E-state index < -0.39 is 5.97 Å². The summed E-state index contributed by atoms with van der Waals surface area (Å²) in [6, 6.07) is 6.99. The Morgan fingerprint density at radius 1 is 1.53 bits per heavy atom. The third kappa shape index (κ3) is 5.39. The second-order valence-corrected chi connectivity index (χ2v) is 3.15. The van der Waals surface area contributed by atoms with Crippen LogP contribution >= 0.6 is 12.0 Å². The molecule has 0 fully saturated rings. The van der Waals surface area contributed by atoms with Gasteiger partial charge in [0.25, 0.3) is 0 Å². The molecule has 0 aliphatic rings. The molecule has 74 valence electrons. The van der Waals surface area contributed by atoms with Crippen molar-refractivity contribution in [2.75, 3.05) is 7.11 Å². The number of carbonyl (C=O) groups is 1. The zero-order valence-electron chi connectivity index (χ0n) is 8.60. The third-order valence-electron chi connectivity index (χ3n) is 1.57. The smallest absolute Gasteiger partial charge is 0.795 e. The number of esters is 1. The van der Waals surface area contributed by atoms with Crippen molar-refractivity contribution in [1.82, 2.24) is 0 Å². The Morgan fingerprint density at radius 3 is 2.87 bits per heavy atom. The number of hydrogen-bond donors (Lipinski definition) is 0. The summed E-state index contributed by atoms with van der Waals surface area (Å²) in [4.78, 5) is 11.4. The average molecular weight is 232 g/mol. The van der Waals surface area contributed by atoms with Crippen LogP contribution in [0, 0.1) is 0 Å². The SMILES string of the molecule is COC(=O)/C=C/c1cccc(S[O-])c1.[Na+]. The maximum atomic E-state index is 10.8. The maximum Gasteiger partial charge on any atom is 1.00 e. The van der Waals surface area contributed by atoms with Crippen LogP contribution in [0.15, 0.2) is 35.2 Å². The van der Waals surface area contributed by atoms with Gasteiger partial charge in [-0.1, -0.05) is 12.1 Å². The molecule has 0 unspecified atom stereocenters. The van der Waals surface area contributed by atoms with Gasteiger partial charge in [-0.05, 0) is 28.7 Å². The van der Waals surface area contributed by atoms with E-state index >= 15 is 0 Å². The third-order valence-corrected chi connectivity index (χ3v) is 2.01. The van der Waals surface area contributed by atoms with Gasteiger partial charge < -0.3 is 9.29 Å². The quantitative estimate of drug-likeness (QED) is 0.293. The number of benzene rings is 1. The molecule has 0 N–H and O–H groups in total. The van der Waals surface area contributed by atoms with Gasteiger partial charge in [0, 0.05) is 6.08 Å². The molecule has 0 saturated heterocycles. The molecule has 0 bridgehead atoms. The number of hydrogen-bond acceptors (Lipinski definition) is 4. The summed E-state index contributed by atoms with van der Waals surface area (Å²) in [5, 5.41) is 0. The van der Waals surface area contributed by atoms with Crippen LogP contribution in [0.3, 0.4) is 0 Å². The van der Waals surface area contributed by atoms with Crippen LogP contribution in [0.4, 0.5) is 0 Å². The van der Waals surface area contributed by atoms with E-state index in [0.29, 0.717) is 16.9 Å². The van der Waals surface area contributed by atoms with E-state index in [1.807, 2.05) is 0 Å². The first-order valence-electron chi connectivity index (χ1n) is 3.92. The van der Waals surface area contributed by atoms with Gasteiger partial charge in [-0.2, -0.15) is 0 Å². The van der Waals surface area contributed by atoms with Gasteiger partial charge in [-0.25, -0.2) is 16.8 Å². The van der Waals surface area contributed by atoms with Crippen molar-refractivity contribution < 1.29 is 43.6 Å². The molecule has 15 heavy (non-hydrogen) atoms. The van der Waals surface area contributed by atoms with Gasteiger partial charge in [0.15, 0.2) is 0 Å². The summed E-state index contributed by atoms with van der Waals surface area (Å²) in [5.41, 5.74) is 0.802. The summed E-state index contributed by atoms with van der Waals surface area (Å²) >= 11 is 0.423. The van der Waals surface area contributed by atoms with E-state index in [9.17, 15) is 9.35 Å². The predicted octanol–water partition coefficient (Wildman–Crippen LogP) is -0.901. The molecular weight excluding hydrogens is 223 g/mol. The molecule has 0 amide bonds. The second kappa shape index (κ2) is 7.96. The summed E-state index contributed by atoms with van der Waals surface area (Å²) in [7, 11) is 1.32. The zero-order chi connectivity index (χ0) is 10.4. The van der Waals surface area contributed by atoms with Crippen LogP contribution in [-0.2, 0) is 9.53 Å². The minimum Gasteiger partial charge on any atom is -0.795 e. The van der Waals surface area contributed by atoms with E-state index in [4.69, 9.17) is 0 Å². The Kier molecular flexibility index (Phi) is 7.82. The molecule has 1 aromatic carbocycles. The monoisotopic (exact) mass is 232 g/mol. The summed E-state index contributed by atoms with van der Waals surface area (Å²) < 4.78 is 14.9. The first-order chi connectivity index (χ1) is 6.76. The number of ether oxygens (including phenoxy) is 1. The fourth-order valence-corrected chi connectivity index (χ4v) is 1.22. The van der Waals surface area contributed by atoms with Crippen LogP contribution in [0.2, 0.25) is 0 Å². The minimum absolute atomic E-state index is 0. The predicted molar refractivity (Wildman–Crippen MR) is 54.1 cm³/mol. The molecule has 3 nitrogen and oxygen atoms in total. The Balaban J connectivity index is 0.00000196. The molecule has 0 atom stereocenters. The van der Waals surface area contributed by atoms with Crippen LogP contribution in [-0.4, -0.2) is 17.6 Å². The largest absolute Gasteiger partial charge is 1.00 e. The molecule has 1 rings (SSSR count). The zero-order valence-corrected chi connectivity index (χ0v) is 11.4. The second-order valence-electron chi connectivity index (χ2n) is 2.51. The molecule has 0 spiro atoms. The average Bonchev–Trinajstić information content (AvgIpc) is 2.26. The first kappa shape index (κ1) is 14.7. The van der Waals surface area contributed by atoms with Crippen molar-refractivity contribution in [2.45, 2.75) is 4.90 Å². The van der Waals surface area contributed by atoms with Gasteiger partial charge in [0.1, 0.15) is 0 Å². The van der Waals surface area contributed by atoms with Crippen molar-refractivity contribution in [1.29, 1.82) is 0 Å². The summed E-state index contributed by atoms with van der Waals surface area (Å²) in [6.07, 6.45) is 2.92. The van der Waals surface area contributed by atoms with Crippen LogP contribution in [0.1, 0.15) is 5.56 Å². The van der Waals surface area contributed by atoms with Crippen LogP contribution in [0.25, 0.3) is 6.08 Å². The first-order valence-corrected chi connectivity index (χ1v) is 4.66. The van der Waals surface area contributed by atoms with E-state index in [2.05, 4.69) is 4.74 Å². The van der Waals surface area contributed by atoms with E-state index in [-0.39, 0.29) is 29.6 Å². The molecular formula is C10H9NaO3S. The van der Waals surface area contributed by atoms with Crippen molar-refractivity contribution in [3.05, 3.63) is 35.9 Å². The fourth-order valence-electron chi connectivity index (χ4n) is 0.902. The van der Waals surface area contributed by atoms with Gasteiger partial charge in [-0.15, -0.1) is 0 Å². The van der Waals surface area contributed by atoms with Gasteiger partial charge in [-0.3, -0.25) is 0 Å². The van der Waals surface area contributed by atoms with Crippen molar-refractivity contribution in [3.63, 3.8) is 0 Å². The molecule has 0 radical (unpaired) electrons. The van der Waals surface area contributed by atoms with E-state index in [1.54, 1.807) is 30.3 Å². The molecule has 0 aliphatic carbocycles. The van der Waals surface area contributed by atoms with Crippen molar-refractivity contribution in [2.24, 2.45) is 0 Å². The summed E-state index contributed by atoms with van der Waals surface area (Å²) in [5.74, 6) is -0.412. The van der Waals surface area contributed by atoms with Crippen LogP contribution in [0.5, 0.6) is 0 Å². The number of rotatable bonds is 3. The Bertz CT molecular complexity index is 352. The molecule has 0 heterocycles. The molecule has 0 aliphatic heterocycles. The number of methoxy groups -OCH3 is 1. The van der Waals surface area contributed by atoms with Crippen molar-refractivity contribution >= 4 is 24.1 Å². The fraction of sp³-hybridized carbons (Fsp3) is 0.100. The normalized spacial score (nSPS) is 9.73. The topological polar surface area (TPSA) is 49.4 Å².